The third-order valence-corrected chi connectivity index (χ3v) is 4.38. The smallest absolute Gasteiger partial charge is 0.400 e. The molecule has 2 rings (SSSR count). The van der Waals surface area contributed by atoms with Gasteiger partial charge in [0.1, 0.15) is 0 Å². The zero-order valence-corrected chi connectivity index (χ0v) is 12.7. The van der Waals surface area contributed by atoms with E-state index in [1.165, 1.54) is 0 Å². The molecule has 0 aliphatic carbocycles. The highest BCUT2D eigenvalue weighted by Crippen LogP contribution is 2.39. The Kier molecular flexibility index (Phi) is 3.86. The first-order valence-electron chi connectivity index (χ1n) is 6.96. The van der Waals surface area contributed by atoms with Crippen molar-refractivity contribution in [1.29, 1.82) is 0 Å². The van der Waals surface area contributed by atoms with Crippen LogP contribution >= 0.6 is 0 Å². The average molecular weight is 268 g/mol. The number of allylic oxidation sites excluding steroid dienone is 1. The summed E-state index contributed by atoms with van der Waals surface area (Å²) in [5.74, 6) is -0.480. The fourth-order valence-electron chi connectivity index (χ4n) is 2.22. The Labute approximate surface area is 116 Å². The van der Waals surface area contributed by atoms with Crippen molar-refractivity contribution in [2.45, 2.75) is 64.4 Å². The van der Waals surface area contributed by atoms with Gasteiger partial charge in [-0.05, 0) is 46.5 Å². The van der Waals surface area contributed by atoms with Crippen LogP contribution in [0.2, 0.25) is 0 Å². The van der Waals surface area contributed by atoms with Crippen molar-refractivity contribution >= 4 is 7.12 Å². The molecule has 2 saturated heterocycles. The molecule has 2 fully saturated rings. The zero-order chi connectivity index (χ0) is 14.3. The van der Waals surface area contributed by atoms with Crippen LogP contribution in [0.25, 0.3) is 0 Å². The van der Waals surface area contributed by atoms with Crippen LogP contribution in [0.4, 0.5) is 0 Å². The molecule has 0 radical (unpaired) electrons. The molecule has 0 amide bonds. The predicted molar refractivity (Wildman–Crippen MR) is 74.8 cm³/mol. The van der Waals surface area contributed by atoms with Crippen LogP contribution in [-0.4, -0.2) is 37.3 Å². The van der Waals surface area contributed by atoms with Gasteiger partial charge >= 0.3 is 7.12 Å². The molecule has 108 valence electrons. The molecule has 0 aromatic rings. The lowest BCUT2D eigenvalue weighted by Gasteiger charge is -2.32. The molecular formula is C14H25BO4. The van der Waals surface area contributed by atoms with Gasteiger partial charge in [0, 0.05) is 6.42 Å². The number of hydrogen-bond donors (Lipinski definition) is 0. The second-order valence-corrected chi connectivity index (χ2v) is 6.58. The van der Waals surface area contributed by atoms with Crippen LogP contribution in [0.3, 0.4) is 0 Å². The van der Waals surface area contributed by atoms with Gasteiger partial charge < -0.3 is 18.8 Å². The van der Waals surface area contributed by atoms with E-state index in [9.17, 15) is 0 Å². The highest BCUT2D eigenvalue weighted by Gasteiger charge is 2.52. The summed E-state index contributed by atoms with van der Waals surface area (Å²) in [5, 5.41) is 0. The molecule has 2 aliphatic rings. The van der Waals surface area contributed by atoms with Crippen LogP contribution in [0.15, 0.2) is 12.1 Å². The molecule has 0 aromatic heterocycles. The summed E-state index contributed by atoms with van der Waals surface area (Å²) in [6.07, 6.45) is 1.54. The van der Waals surface area contributed by atoms with Crippen molar-refractivity contribution in [2.75, 3.05) is 13.2 Å². The van der Waals surface area contributed by atoms with Crippen LogP contribution < -0.4 is 0 Å². The maximum atomic E-state index is 5.97. The zero-order valence-electron chi connectivity index (χ0n) is 12.7. The van der Waals surface area contributed by atoms with Gasteiger partial charge in [0.15, 0.2) is 5.79 Å². The fourth-order valence-corrected chi connectivity index (χ4v) is 2.22. The summed E-state index contributed by atoms with van der Waals surface area (Å²) in [7, 11) is -0.338. The van der Waals surface area contributed by atoms with Gasteiger partial charge in [-0.15, -0.1) is 6.58 Å². The summed E-state index contributed by atoms with van der Waals surface area (Å²) in [6.45, 7) is 15.6. The lowest BCUT2D eigenvalue weighted by atomic mass is 9.76. The molecule has 0 spiro atoms. The van der Waals surface area contributed by atoms with Gasteiger partial charge in [-0.3, -0.25) is 0 Å². The molecule has 5 heteroatoms. The van der Waals surface area contributed by atoms with E-state index in [1.807, 2.05) is 34.6 Å². The van der Waals surface area contributed by atoms with E-state index >= 15 is 0 Å². The number of ether oxygens (including phenoxy) is 2. The van der Waals surface area contributed by atoms with E-state index in [4.69, 9.17) is 18.8 Å². The normalized spacial score (nSPS) is 27.7. The SMILES string of the molecule is C=C(CCC1(C)OCCO1)B1OC(C)(C)C(C)(C)O1. The maximum Gasteiger partial charge on any atom is 0.489 e. The summed E-state index contributed by atoms with van der Waals surface area (Å²) in [4.78, 5) is 0. The second-order valence-electron chi connectivity index (χ2n) is 6.58. The monoisotopic (exact) mass is 268 g/mol. The molecule has 4 nitrogen and oxygen atoms in total. The number of hydrogen-bond acceptors (Lipinski definition) is 4. The van der Waals surface area contributed by atoms with Gasteiger partial charge in [0.05, 0.1) is 24.4 Å². The van der Waals surface area contributed by atoms with E-state index in [-0.39, 0.29) is 18.3 Å². The van der Waals surface area contributed by atoms with Crippen LogP contribution in [0.1, 0.15) is 47.5 Å². The quantitative estimate of drug-likeness (QED) is 0.734. The van der Waals surface area contributed by atoms with Gasteiger partial charge in [-0.1, -0.05) is 0 Å². The first kappa shape index (κ1) is 15.0. The summed E-state index contributed by atoms with van der Waals surface area (Å²) < 4.78 is 23.1. The largest absolute Gasteiger partial charge is 0.489 e. The van der Waals surface area contributed by atoms with Gasteiger partial charge in [-0.25, -0.2) is 0 Å². The van der Waals surface area contributed by atoms with E-state index in [1.54, 1.807) is 0 Å². The lowest BCUT2D eigenvalue weighted by molar-refractivity contribution is -0.145. The van der Waals surface area contributed by atoms with E-state index in [2.05, 4.69) is 6.58 Å². The Hall–Kier alpha value is -0.355. The van der Waals surface area contributed by atoms with Gasteiger partial charge in [-0.2, -0.15) is 0 Å². The van der Waals surface area contributed by atoms with E-state index in [0.717, 1.165) is 18.3 Å². The molecule has 0 atom stereocenters. The van der Waals surface area contributed by atoms with Crippen LogP contribution in [0.5, 0.6) is 0 Å². The lowest BCUT2D eigenvalue weighted by Crippen LogP contribution is -2.41. The molecular weight excluding hydrogens is 243 g/mol. The van der Waals surface area contributed by atoms with Gasteiger partial charge in [0.2, 0.25) is 0 Å². The first-order chi connectivity index (χ1) is 8.65. The Balaban J connectivity index is 1.88. The Morgan fingerprint density at radius 1 is 1.00 bits per heavy atom. The maximum absolute atomic E-state index is 5.97. The topological polar surface area (TPSA) is 36.9 Å². The van der Waals surface area contributed by atoms with Crippen LogP contribution in [0, 0.1) is 0 Å². The van der Waals surface area contributed by atoms with Crippen molar-refractivity contribution in [3.05, 3.63) is 12.1 Å². The van der Waals surface area contributed by atoms with Crippen molar-refractivity contribution in [2.24, 2.45) is 0 Å². The highest BCUT2D eigenvalue weighted by molar-refractivity contribution is 6.54. The van der Waals surface area contributed by atoms with Crippen molar-refractivity contribution in [3.63, 3.8) is 0 Å². The third kappa shape index (κ3) is 3.05. The minimum atomic E-state index is -0.480. The van der Waals surface area contributed by atoms with E-state index in [0.29, 0.717) is 13.2 Å². The second kappa shape index (κ2) is 4.88. The fraction of sp³-hybridized carbons (Fsp3) is 0.857. The predicted octanol–water partition coefficient (Wildman–Crippen LogP) is 2.72. The molecule has 0 N–H and O–H groups in total. The van der Waals surface area contributed by atoms with Crippen molar-refractivity contribution < 1.29 is 18.8 Å². The van der Waals surface area contributed by atoms with Crippen molar-refractivity contribution in [3.8, 4) is 0 Å². The molecule has 0 unspecified atom stereocenters. The molecule has 19 heavy (non-hydrogen) atoms. The Morgan fingerprint density at radius 2 is 1.47 bits per heavy atom. The average Bonchev–Trinajstić information content (AvgIpc) is 2.79. The summed E-state index contributed by atoms with van der Waals surface area (Å²) in [6, 6.07) is 0. The third-order valence-electron chi connectivity index (χ3n) is 4.38. The minimum Gasteiger partial charge on any atom is -0.400 e. The molecule has 0 bridgehead atoms. The van der Waals surface area contributed by atoms with Crippen LogP contribution in [-0.2, 0) is 18.8 Å². The molecule has 0 saturated carbocycles. The summed E-state index contributed by atoms with van der Waals surface area (Å²) >= 11 is 0. The Morgan fingerprint density at radius 3 is 1.95 bits per heavy atom. The van der Waals surface area contributed by atoms with Gasteiger partial charge in [0.25, 0.3) is 0 Å². The molecule has 0 aromatic carbocycles. The van der Waals surface area contributed by atoms with E-state index < -0.39 is 5.79 Å². The standard InChI is InChI=1S/C14H25BO4/c1-11(7-8-14(6)16-9-10-17-14)15-18-12(2,3)13(4,5)19-15/h1,7-10H2,2-6H3. The Bertz CT molecular complexity index is 342. The highest BCUT2D eigenvalue weighted by atomic mass is 16.7. The first-order valence-corrected chi connectivity index (χ1v) is 6.96. The minimum absolute atomic E-state index is 0.315. The van der Waals surface area contributed by atoms with Crippen molar-refractivity contribution in [1.82, 2.24) is 0 Å². The molecule has 2 aliphatic heterocycles. The molecule has 2 heterocycles. The number of rotatable bonds is 4. The summed E-state index contributed by atoms with van der Waals surface area (Å²) in [5.41, 5.74) is 0.314.